The van der Waals surface area contributed by atoms with Crippen LogP contribution in [-0.4, -0.2) is 55.6 Å². The third kappa shape index (κ3) is 4.45. The van der Waals surface area contributed by atoms with Gasteiger partial charge in [0.1, 0.15) is 12.1 Å². The molecule has 24 heavy (non-hydrogen) atoms. The van der Waals surface area contributed by atoms with Crippen molar-refractivity contribution < 1.29 is 8.42 Å². The fourth-order valence-corrected chi connectivity index (χ4v) is 5.61. The number of sulfone groups is 1. The number of nitrogens with zero attached hydrogens (tertiary/aromatic N) is 3. The number of piperidine rings is 1. The highest BCUT2D eigenvalue weighted by Crippen LogP contribution is 2.23. The van der Waals surface area contributed by atoms with E-state index in [1.54, 1.807) is 6.33 Å². The SMILES string of the molecule is CCCc1cncnc1N1CCC(NCC2CCS(=O)(=O)C2)CC1. The third-order valence-electron chi connectivity index (χ3n) is 5.10. The largest absolute Gasteiger partial charge is 0.356 e. The second-order valence-corrected chi connectivity index (χ2v) is 9.29. The average Bonchev–Trinajstić information content (AvgIpc) is 2.93. The number of nitrogens with one attached hydrogen (secondary N) is 1. The normalized spacial score (nSPS) is 24.4. The maximum Gasteiger partial charge on any atom is 0.150 e. The summed E-state index contributed by atoms with van der Waals surface area (Å²) in [5.74, 6) is 2.12. The first-order chi connectivity index (χ1) is 11.6. The molecule has 2 aliphatic heterocycles. The Balaban J connectivity index is 1.48. The molecule has 2 fully saturated rings. The van der Waals surface area contributed by atoms with Crippen molar-refractivity contribution in [1.82, 2.24) is 15.3 Å². The molecule has 2 aliphatic rings. The van der Waals surface area contributed by atoms with Crippen LogP contribution in [0.5, 0.6) is 0 Å². The van der Waals surface area contributed by atoms with Crippen molar-refractivity contribution in [3.63, 3.8) is 0 Å². The second-order valence-electron chi connectivity index (χ2n) is 7.06. The number of hydrogen-bond donors (Lipinski definition) is 1. The minimum atomic E-state index is -2.77. The highest BCUT2D eigenvalue weighted by atomic mass is 32.2. The zero-order valence-electron chi connectivity index (χ0n) is 14.4. The Labute approximate surface area is 145 Å². The van der Waals surface area contributed by atoms with E-state index in [1.165, 1.54) is 5.56 Å². The van der Waals surface area contributed by atoms with E-state index in [-0.39, 0.29) is 0 Å². The van der Waals surface area contributed by atoms with E-state index >= 15 is 0 Å². The average molecular weight is 353 g/mol. The second kappa shape index (κ2) is 7.78. The van der Waals surface area contributed by atoms with Crippen LogP contribution in [0, 0.1) is 5.92 Å². The summed E-state index contributed by atoms with van der Waals surface area (Å²) in [6.07, 6.45) is 8.67. The zero-order chi connectivity index (χ0) is 17.0. The number of hydrogen-bond acceptors (Lipinski definition) is 6. The molecule has 3 heterocycles. The Morgan fingerprint density at radius 2 is 2.08 bits per heavy atom. The van der Waals surface area contributed by atoms with E-state index in [9.17, 15) is 8.42 Å². The Hall–Kier alpha value is -1.21. The van der Waals surface area contributed by atoms with Crippen LogP contribution in [0.3, 0.4) is 0 Å². The van der Waals surface area contributed by atoms with Gasteiger partial charge >= 0.3 is 0 Å². The standard InChI is InChI=1S/C17H28N4O2S/c1-2-3-15-11-18-13-20-17(15)21-7-4-16(5-8-21)19-10-14-6-9-24(22,23)12-14/h11,13-14,16,19H,2-10,12H2,1H3. The van der Waals surface area contributed by atoms with Gasteiger partial charge in [0.2, 0.25) is 0 Å². The molecule has 1 unspecified atom stereocenters. The molecule has 0 aromatic carbocycles. The maximum atomic E-state index is 11.5. The molecule has 0 aliphatic carbocycles. The number of aryl methyl sites for hydroxylation is 1. The topological polar surface area (TPSA) is 75.2 Å². The third-order valence-corrected chi connectivity index (χ3v) is 6.94. The van der Waals surface area contributed by atoms with Crippen LogP contribution in [-0.2, 0) is 16.3 Å². The quantitative estimate of drug-likeness (QED) is 0.835. The monoisotopic (exact) mass is 352 g/mol. The first kappa shape index (κ1) is 17.6. The van der Waals surface area contributed by atoms with Gasteiger partial charge in [-0.1, -0.05) is 13.3 Å². The summed E-state index contributed by atoms with van der Waals surface area (Å²) in [7, 11) is -2.77. The lowest BCUT2D eigenvalue weighted by Crippen LogP contribution is -2.44. The smallest absolute Gasteiger partial charge is 0.150 e. The predicted molar refractivity (Wildman–Crippen MR) is 96.0 cm³/mol. The molecular formula is C17H28N4O2S. The molecule has 1 N–H and O–H groups in total. The van der Waals surface area contributed by atoms with Gasteiger partial charge in [0.05, 0.1) is 11.5 Å². The number of rotatable bonds is 6. The Kier molecular flexibility index (Phi) is 5.71. The molecule has 1 aromatic rings. The minimum Gasteiger partial charge on any atom is -0.356 e. The summed E-state index contributed by atoms with van der Waals surface area (Å²) in [6, 6.07) is 0.487. The molecule has 3 rings (SSSR count). The van der Waals surface area contributed by atoms with Gasteiger partial charge < -0.3 is 10.2 Å². The van der Waals surface area contributed by atoms with Crippen molar-refractivity contribution >= 4 is 15.7 Å². The Bertz CT molecular complexity index is 642. The van der Waals surface area contributed by atoms with Gasteiger partial charge in [0, 0.05) is 30.9 Å². The Morgan fingerprint density at radius 3 is 2.75 bits per heavy atom. The van der Waals surface area contributed by atoms with Gasteiger partial charge in [-0.2, -0.15) is 0 Å². The van der Waals surface area contributed by atoms with Gasteiger partial charge in [0.25, 0.3) is 0 Å². The molecule has 2 saturated heterocycles. The molecule has 0 saturated carbocycles. The highest BCUT2D eigenvalue weighted by molar-refractivity contribution is 7.91. The molecule has 0 radical (unpaired) electrons. The summed E-state index contributed by atoms with van der Waals surface area (Å²) in [5.41, 5.74) is 1.24. The molecule has 0 spiro atoms. The molecular weight excluding hydrogens is 324 g/mol. The summed E-state index contributed by atoms with van der Waals surface area (Å²) in [6.45, 7) is 5.00. The first-order valence-corrected chi connectivity index (χ1v) is 10.9. The molecule has 6 nitrogen and oxygen atoms in total. The van der Waals surface area contributed by atoms with E-state index in [0.717, 1.165) is 57.6 Å². The van der Waals surface area contributed by atoms with Gasteiger partial charge in [0.15, 0.2) is 9.84 Å². The van der Waals surface area contributed by atoms with Crippen LogP contribution in [0.1, 0.15) is 38.2 Å². The van der Waals surface area contributed by atoms with Crippen LogP contribution in [0.15, 0.2) is 12.5 Å². The van der Waals surface area contributed by atoms with Crippen molar-refractivity contribution in [3.8, 4) is 0 Å². The van der Waals surface area contributed by atoms with E-state index in [0.29, 0.717) is 23.5 Å². The van der Waals surface area contributed by atoms with Gasteiger partial charge in [-0.3, -0.25) is 0 Å². The van der Waals surface area contributed by atoms with E-state index in [1.807, 2.05) is 6.20 Å². The zero-order valence-corrected chi connectivity index (χ0v) is 15.3. The van der Waals surface area contributed by atoms with E-state index in [4.69, 9.17) is 0 Å². The van der Waals surface area contributed by atoms with E-state index in [2.05, 4.69) is 27.1 Å². The molecule has 134 valence electrons. The molecule has 0 bridgehead atoms. The fourth-order valence-electron chi connectivity index (χ4n) is 3.74. The van der Waals surface area contributed by atoms with Crippen molar-refractivity contribution in [1.29, 1.82) is 0 Å². The molecule has 0 amide bonds. The highest BCUT2D eigenvalue weighted by Gasteiger charge is 2.29. The minimum absolute atomic E-state index is 0.297. The Morgan fingerprint density at radius 1 is 1.29 bits per heavy atom. The number of anilines is 1. The predicted octanol–water partition coefficient (Wildman–Crippen LogP) is 1.42. The summed E-state index contributed by atoms with van der Waals surface area (Å²) in [5, 5.41) is 3.59. The maximum absolute atomic E-state index is 11.5. The number of aromatic nitrogens is 2. The van der Waals surface area contributed by atoms with Gasteiger partial charge in [-0.25, -0.2) is 18.4 Å². The first-order valence-electron chi connectivity index (χ1n) is 9.05. The molecule has 1 atom stereocenters. The van der Waals surface area contributed by atoms with Crippen molar-refractivity contribution in [3.05, 3.63) is 18.1 Å². The summed E-state index contributed by atoms with van der Waals surface area (Å²) >= 11 is 0. The van der Waals surface area contributed by atoms with Crippen LogP contribution < -0.4 is 10.2 Å². The summed E-state index contributed by atoms with van der Waals surface area (Å²) in [4.78, 5) is 11.0. The van der Waals surface area contributed by atoms with Crippen LogP contribution in [0.4, 0.5) is 5.82 Å². The van der Waals surface area contributed by atoms with Gasteiger partial charge in [-0.05, 0) is 38.1 Å². The van der Waals surface area contributed by atoms with Gasteiger partial charge in [-0.15, -0.1) is 0 Å². The molecule has 7 heteroatoms. The van der Waals surface area contributed by atoms with Crippen LogP contribution in [0.25, 0.3) is 0 Å². The van der Waals surface area contributed by atoms with E-state index < -0.39 is 9.84 Å². The lowest BCUT2D eigenvalue weighted by molar-refractivity contribution is 0.385. The lowest BCUT2D eigenvalue weighted by atomic mass is 10.0. The summed E-state index contributed by atoms with van der Waals surface area (Å²) < 4.78 is 23.1. The van der Waals surface area contributed by atoms with Crippen LogP contribution in [0.2, 0.25) is 0 Å². The fraction of sp³-hybridized carbons (Fsp3) is 0.765. The van der Waals surface area contributed by atoms with Crippen molar-refractivity contribution in [2.75, 3.05) is 36.0 Å². The van der Waals surface area contributed by atoms with Crippen molar-refractivity contribution in [2.45, 2.75) is 45.1 Å². The lowest BCUT2D eigenvalue weighted by Gasteiger charge is -2.34. The van der Waals surface area contributed by atoms with Crippen LogP contribution >= 0.6 is 0 Å². The van der Waals surface area contributed by atoms with Crippen molar-refractivity contribution in [2.24, 2.45) is 5.92 Å². The molecule has 1 aromatic heterocycles.